The number of nitriles is 1. The van der Waals surface area contributed by atoms with E-state index >= 15 is 0 Å². The maximum atomic E-state index is 11.6. The number of hydrogen-bond acceptors (Lipinski definition) is 5. The van der Waals surface area contributed by atoms with Gasteiger partial charge in [-0.1, -0.05) is 6.07 Å². The zero-order valence-electron chi connectivity index (χ0n) is 10.1. The molecular formula is C12H12N4O2S. The third-order valence-corrected chi connectivity index (χ3v) is 5.19. The summed E-state index contributed by atoms with van der Waals surface area (Å²) >= 11 is 0. The molecule has 0 bridgehead atoms. The van der Waals surface area contributed by atoms with Gasteiger partial charge in [-0.25, -0.2) is 13.4 Å². The van der Waals surface area contributed by atoms with E-state index in [9.17, 15) is 8.42 Å². The Kier molecular flexibility index (Phi) is 2.50. The van der Waals surface area contributed by atoms with Crippen molar-refractivity contribution in [3.63, 3.8) is 0 Å². The van der Waals surface area contributed by atoms with Gasteiger partial charge < -0.3 is 10.3 Å². The second kappa shape index (κ2) is 3.96. The minimum Gasteiger partial charge on any atom is -0.369 e. The summed E-state index contributed by atoms with van der Waals surface area (Å²) in [4.78, 5) is 4.20. The van der Waals surface area contributed by atoms with Crippen molar-refractivity contribution in [3.8, 4) is 6.07 Å². The monoisotopic (exact) mass is 276 g/mol. The van der Waals surface area contributed by atoms with E-state index in [1.165, 1.54) is 0 Å². The smallest absolute Gasteiger partial charge is 0.201 e. The Bertz CT molecular complexity index is 801. The Morgan fingerprint density at radius 2 is 2.26 bits per heavy atom. The van der Waals surface area contributed by atoms with Crippen molar-refractivity contribution >= 4 is 26.8 Å². The molecule has 1 aromatic heterocycles. The minimum atomic E-state index is -2.99. The number of para-hydroxylation sites is 1. The molecule has 1 saturated heterocycles. The topological polar surface area (TPSA) is 102 Å². The number of rotatable bonds is 1. The van der Waals surface area contributed by atoms with Crippen molar-refractivity contribution in [2.45, 2.75) is 12.5 Å². The van der Waals surface area contributed by atoms with Gasteiger partial charge >= 0.3 is 0 Å². The van der Waals surface area contributed by atoms with E-state index in [0.717, 1.165) is 5.52 Å². The molecule has 6 nitrogen and oxygen atoms in total. The summed E-state index contributed by atoms with van der Waals surface area (Å²) in [5, 5.41) is 9.05. The predicted molar refractivity (Wildman–Crippen MR) is 71.2 cm³/mol. The summed E-state index contributed by atoms with van der Waals surface area (Å²) in [7, 11) is -2.99. The highest BCUT2D eigenvalue weighted by atomic mass is 32.2. The van der Waals surface area contributed by atoms with E-state index in [1.54, 1.807) is 16.7 Å². The van der Waals surface area contributed by atoms with Crippen molar-refractivity contribution in [1.82, 2.24) is 9.55 Å². The number of nitrogens with two attached hydrogens (primary N) is 1. The molecule has 3 rings (SSSR count). The molecule has 1 aliphatic rings. The van der Waals surface area contributed by atoms with Crippen LogP contribution in [0.4, 0.5) is 5.95 Å². The lowest BCUT2D eigenvalue weighted by molar-refractivity contribution is 0.575. The summed E-state index contributed by atoms with van der Waals surface area (Å²) in [6.07, 6.45) is 0.536. The first-order valence-electron chi connectivity index (χ1n) is 5.89. The number of nitrogens with zero attached hydrogens (tertiary/aromatic N) is 3. The van der Waals surface area contributed by atoms with Gasteiger partial charge in [-0.2, -0.15) is 5.26 Å². The molecule has 0 amide bonds. The van der Waals surface area contributed by atoms with Crippen LogP contribution in [0.1, 0.15) is 18.0 Å². The molecule has 2 N–H and O–H groups in total. The second-order valence-electron chi connectivity index (χ2n) is 4.68. The Balaban J connectivity index is 2.20. The molecule has 0 radical (unpaired) electrons. The molecule has 98 valence electrons. The van der Waals surface area contributed by atoms with Crippen molar-refractivity contribution in [3.05, 3.63) is 23.8 Å². The average Bonchev–Trinajstić information content (AvgIpc) is 2.87. The van der Waals surface area contributed by atoms with E-state index in [2.05, 4.69) is 11.1 Å². The number of anilines is 1. The van der Waals surface area contributed by atoms with Gasteiger partial charge in [0.15, 0.2) is 9.84 Å². The predicted octanol–water partition coefficient (Wildman–Crippen LogP) is 0.850. The Morgan fingerprint density at radius 1 is 1.47 bits per heavy atom. The molecule has 1 fully saturated rings. The van der Waals surface area contributed by atoms with Crippen molar-refractivity contribution in [1.29, 1.82) is 5.26 Å². The van der Waals surface area contributed by atoms with Crippen LogP contribution in [-0.2, 0) is 9.84 Å². The number of aromatic nitrogens is 2. The maximum absolute atomic E-state index is 11.6. The SMILES string of the molecule is N#Cc1cccc2c1nc(N)n2C1CCS(=O)(=O)C1. The maximum Gasteiger partial charge on any atom is 0.201 e. The molecule has 2 aromatic rings. The van der Waals surface area contributed by atoms with Gasteiger partial charge in [-0.3, -0.25) is 0 Å². The van der Waals surface area contributed by atoms with Crippen LogP contribution >= 0.6 is 0 Å². The van der Waals surface area contributed by atoms with Crippen LogP contribution in [0.25, 0.3) is 11.0 Å². The summed E-state index contributed by atoms with van der Waals surface area (Å²) in [6.45, 7) is 0. The average molecular weight is 276 g/mol. The molecule has 0 spiro atoms. The Hall–Kier alpha value is -2.07. The number of sulfone groups is 1. The van der Waals surface area contributed by atoms with E-state index in [4.69, 9.17) is 11.0 Å². The molecule has 0 aliphatic carbocycles. The van der Waals surface area contributed by atoms with Crippen LogP contribution in [0.15, 0.2) is 18.2 Å². The van der Waals surface area contributed by atoms with Gasteiger partial charge in [-0.15, -0.1) is 0 Å². The first kappa shape index (κ1) is 12.0. The normalized spacial score (nSPS) is 21.5. The first-order chi connectivity index (χ1) is 9.02. The van der Waals surface area contributed by atoms with Crippen molar-refractivity contribution < 1.29 is 8.42 Å². The van der Waals surface area contributed by atoms with Gasteiger partial charge in [-0.05, 0) is 18.6 Å². The standard InChI is InChI=1S/C12H12N4O2S/c13-6-8-2-1-3-10-11(8)15-12(14)16(10)9-4-5-19(17,18)7-9/h1-3,9H,4-5,7H2,(H2,14,15). The van der Waals surface area contributed by atoms with Gasteiger partial charge in [0, 0.05) is 0 Å². The van der Waals surface area contributed by atoms with Gasteiger partial charge in [0.05, 0.1) is 28.6 Å². The highest BCUT2D eigenvalue weighted by Gasteiger charge is 2.31. The van der Waals surface area contributed by atoms with Crippen LogP contribution in [0.2, 0.25) is 0 Å². The van der Waals surface area contributed by atoms with Gasteiger partial charge in [0.2, 0.25) is 5.95 Å². The van der Waals surface area contributed by atoms with Crippen LogP contribution in [0.5, 0.6) is 0 Å². The van der Waals surface area contributed by atoms with E-state index in [-0.39, 0.29) is 23.5 Å². The zero-order chi connectivity index (χ0) is 13.6. The minimum absolute atomic E-state index is 0.0828. The van der Waals surface area contributed by atoms with Crippen LogP contribution in [0, 0.1) is 11.3 Å². The van der Waals surface area contributed by atoms with Crippen molar-refractivity contribution in [2.24, 2.45) is 0 Å². The number of fused-ring (bicyclic) bond motifs is 1. The first-order valence-corrected chi connectivity index (χ1v) is 7.71. The van der Waals surface area contributed by atoms with Gasteiger partial charge in [0.25, 0.3) is 0 Å². The summed E-state index contributed by atoms with van der Waals surface area (Å²) < 4.78 is 24.9. The molecule has 1 unspecified atom stereocenters. The second-order valence-corrected chi connectivity index (χ2v) is 6.91. The molecule has 19 heavy (non-hydrogen) atoms. The lowest BCUT2D eigenvalue weighted by atomic mass is 10.2. The summed E-state index contributed by atoms with van der Waals surface area (Å²) in [6, 6.07) is 7.11. The molecule has 1 aromatic carbocycles. The van der Waals surface area contributed by atoms with E-state index < -0.39 is 9.84 Å². The summed E-state index contributed by atoms with van der Waals surface area (Å²) in [5.41, 5.74) is 7.60. The Morgan fingerprint density at radius 3 is 2.89 bits per heavy atom. The third kappa shape index (κ3) is 1.85. The van der Waals surface area contributed by atoms with Crippen LogP contribution in [0.3, 0.4) is 0 Å². The lowest BCUT2D eigenvalue weighted by Gasteiger charge is -2.12. The largest absolute Gasteiger partial charge is 0.369 e. The van der Waals surface area contributed by atoms with Crippen molar-refractivity contribution in [2.75, 3.05) is 17.2 Å². The summed E-state index contributed by atoms with van der Waals surface area (Å²) in [5.74, 6) is 0.522. The highest BCUT2D eigenvalue weighted by molar-refractivity contribution is 7.91. The highest BCUT2D eigenvalue weighted by Crippen LogP contribution is 2.31. The van der Waals surface area contributed by atoms with E-state index in [0.29, 0.717) is 17.5 Å². The third-order valence-electron chi connectivity index (χ3n) is 3.44. The fourth-order valence-electron chi connectivity index (χ4n) is 2.59. The van der Waals surface area contributed by atoms with E-state index in [1.807, 2.05) is 6.07 Å². The fourth-order valence-corrected chi connectivity index (χ4v) is 4.29. The molecule has 0 saturated carbocycles. The van der Waals surface area contributed by atoms with Gasteiger partial charge in [0.1, 0.15) is 11.6 Å². The number of nitrogen functional groups attached to an aromatic ring is 1. The quantitative estimate of drug-likeness (QED) is 0.832. The number of hydrogen-bond donors (Lipinski definition) is 1. The molecular weight excluding hydrogens is 264 g/mol. The molecule has 2 heterocycles. The molecule has 1 atom stereocenters. The number of benzene rings is 1. The molecule has 1 aliphatic heterocycles. The molecule has 7 heteroatoms. The number of imidazole rings is 1. The van der Waals surface area contributed by atoms with Crippen LogP contribution < -0.4 is 5.73 Å². The fraction of sp³-hybridized carbons (Fsp3) is 0.333. The lowest BCUT2D eigenvalue weighted by Crippen LogP contribution is -2.13. The Labute approximate surface area is 110 Å². The van der Waals surface area contributed by atoms with Crippen LogP contribution in [-0.4, -0.2) is 29.5 Å². The zero-order valence-corrected chi connectivity index (χ0v) is 10.9.